The van der Waals surface area contributed by atoms with Gasteiger partial charge in [-0.2, -0.15) is 5.26 Å². The van der Waals surface area contributed by atoms with Crippen LogP contribution in [0.1, 0.15) is 55.4 Å². The first-order valence-corrected chi connectivity index (χ1v) is 12.5. The Morgan fingerprint density at radius 2 is 1.88 bits per heavy atom. The second kappa shape index (κ2) is 11.4. The number of pyridine rings is 1. The molecule has 0 saturated carbocycles. The number of thiocarbonyl (C=S) groups is 1. The van der Waals surface area contributed by atoms with E-state index in [9.17, 15) is 19.2 Å². The van der Waals surface area contributed by atoms with Crippen LogP contribution in [0.25, 0.3) is 6.08 Å². The third-order valence-electron chi connectivity index (χ3n) is 5.58. The first-order valence-electron chi connectivity index (χ1n) is 11.2. The van der Waals surface area contributed by atoms with Gasteiger partial charge in [0, 0.05) is 25.2 Å². The highest BCUT2D eigenvalue weighted by Crippen LogP contribution is 2.35. The summed E-state index contributed by atoms with van der Waals surface area (Å²) in [6.07, 6.45) is 4.20. The Bertz CT molecular complexity index is 1230. The van der Waals surface area contributed by atoms with Crippen molar-refractivity contribution in [3.8, 4) is 6.07 Å². The normalized spacial score (nSPS) is 14.7. The second-order valence-electron chi connectivity index (χ2n) is 8.00. The van der Waals surface area contributed by atoms with Crippen LogP contribution in [0.2, 0.25) is 0 Å². The molecule has 34 heavy (non-hydrogen) atoms. The average molecular weight is 499 g/mol. The first kappa shape index (κ1) is 25.7. The zero-order valence-corrected chi connectivity index (χ0v) is 21.1. The molecule has 1 aliphatic heterocycles. The van der Waals surface area contributed by atoms with Gasteiger partial charge in [-0.05, 0) is 49.1 Å². The number of nitriles is 1. The Kier molecular flexibility index (Phi) is 8.64. The quantitative estimate of drug-likeness (QED) is 0.379. The number of unbranched alkanes of at least 4 members (excludes halogenated alkanes) is 1. The van der Waals surface area contributed by atoms with Crippen molar-refractivity contribution < 1.29 is 9.18 Å². The number of halogens is 1. The second-order valence-corrected chi connectivity index (χ2v) is 9.67. The number of amides is 1. The summed E-state index contributed by atoms with van der Waals surface area (Å²) >= 11 is 6.65. The number of aromatic nitrogens is 1. The van der Waals surface area contributed by atoms with Crippen molar-refractivity contribution in [1.29, 1.82) is 5.26 Å². The Hall–Kier alpha value is -2.96. The number of anilines is 1. The molecule has 0 atom stereocenters. The molecule has 0 spiro atoms. The fraction of sp³-hybridized carbons (Fsp3) is 0.360. The van der Waals surface area contributed by atoms with Crippen molar-refractivity contribution in [2.75, 3.05) is 11.9 Å². The molecule has 2 heterocycles. The van der Waals surface area contributed by atoms with Gasteiger partial charge in [0.15, 0.2) is 0 Å². The van der Waals surface area contributed by atoms with E-state index in [1.54, 1.807) is 34.6 Å². The summed E-state index contributed by atoms with van der Waals surface area (Å²) in [4.78, 5) is 28.2. The lowest BCUT2D eigenvalue weighted by Gasteiger charge is -2.20. The third-order valence-corrected chi connectivity index (χ3v) is 6.96. The summed E-state index contributed by atoms with van der Waals surface area (Å²) in [5, 5.41) is 13.0. The van der Waals surface area contributed by atoms with Crippen LogP contribution in [0.4, 0.5) is 10.2 Å². The number of nitrogens with zero attached hydrogens (tertiary/aromatic N) is 3. The van der Waals surface area contributed by atoms with Crippen molar-refractivity contribution in [1.82, 2.24) is 9.47 Å². The number of nitrogens with one attached hydrogen (secondary N) is 1. The molecule has 1 fully saturated rings. The van der Waals surface area contributed by atoms with Crippen molar-refractivity contribution in [3.05, 3.63) is 67.6 Å². The third kappa shape index (κ3) is 5.40. The molecule has 1 N–H and O–H groups in total. The SMILES string of the molecule is CCCCN1C(=O)/C(=C\c2c(C)c(C#N)c(=O)n(CCC)c2NCc2ccc(F)cc2)SC1=S. The first-order chi connectivity index (χ1) is 16.3. The predicted octanol–water partition coefficient (Wildman–Crippen LogP) is 5.19. The van der Waals surface area contributed by atoms with Crippen LogP contribution in [0.5, 0.6) is 0 Å². The molecule has 1 saturated heterocycles. The molecule has 0 unspecified atom stereocenters. The van der Waals surface area contributed by atoms with Crippen LogP contribution in [0.15, 0.2) is 34.0 Å². The van der Waals surface area contributed by atoms with Crippen molar-refractivity contribution >= 4 is 46.1 Å². The summed E-state index contributed by atoms with van der Waals surface area (Å²) in [7, 11) is 0. The topological polar surface area (TPSA) is 78.1 Å². The summed E-state index contributed by atoms with van der Waals surface area (Å²) in [5.74, 6) is 0.0252. The molecule has 0 bridgehead atoms. The van der Waals surface area contributed by atoms with Crippen molar-refractivity contribution in [3.63, 3.8) is 0 Å². The maximum atomic E-state index is 13.3. The van der Waals surface area contributed by atoms with Gasteiger partial charge in [0.25, 0.3) is 11.5 Å². The molecular weight excluding hydrogens is 471 g/mol. The van der Waals surface area contributed by atoms with E-state index in [0.29, 0.717) is 52.2 Å². The molecule has 178 valence electrons. The zero-order valence-electron chi connectivity index (χ0n) is 19.5. The van der Waals surface area contributed by atoms with E-state index < -0.39 is 0 Å². The Morgan fingerprint density at radius 3 is 2.50 bits per heavy atom. The lowest BCUT2D eigenvalue weighted by Crippen LogP contribution is -2.29. The van der Waals surface area contributed by atoms with Crippen molar-refractivity contribution in [2.45, 2.75) is 53.1 Å². The van der Waals surface area contributed by atoms with E-state index in [1.165, 1.54) is 23.9 Å². The number of thioether (sulfide) groups is 1. The highest BCUT2D eigenvalue weighted by atomic mass is 32.2. The largest absolute Gasteiger partial charge is 0.367 e. The fourth-order valence-corrected chi connectivity index (χ4v) is 5.01. The van der Waals surface area contributed by atoms with Gasteiger partial charge in [-0.15, -0.1) is 0 Å². The fourth-order valence-electron chi connectivity index (χ4n) is 3.72. The van der Waals surface area contributed by atoms with Gasteiger partial charge >= 0.3 is 0 Å². The molecule has 1 aromatic heterocycles. The van der Waals surface area contributed by atoms with E-state index in [1.807, 2.05) is 13.0 Å². The van der Waals surface area contributed by atoms with Gasteiger partial charge in [-0.3, -0.25) is 19.1 Å². The Morgan fingerprint density at radius 1 is 1.18 bits per heavy atom. The van der Waals surface area contributed by atoms with E-state index in [2.05, 4.69) is 12.2 Å². The molecule has 1 amide bonds. The maximum Gasteiger partial charge on any atom is 0.270 e. The molecule has 0 radical (unpaired) electrons. The smallest absolute Gasteiger partial charge is 0.270 e. The van der Waals surface area contributed by atoms with E-state index in [-0.39, 0.29) is 22.8 Å². The van der Waals surface area contributed by atoms with E-state index >= 15 is 0 Å². The van der Waals surface area contributed by atoms with Gasteiger partial charge in [-0.25, -0.2) is 4.39 Å². The lowest BCUT2D eigenvalue weighted by molar-refractivity contribution is -0.122. The number of carbonyl (C=O) groups excluding carboxylic acids is 1. The van der Waals surface area contributed by atoms with Gasteiger partial charge in [0.1, 0.15) is 27.6 Å². The minimum absolute atomic E-state index is 0.0495. The van der Waals surface area contributed by atoms with E-state index in [4.69, 9.17) is 12.2 Å². The summed E-state index contributed by atoms with van der Waals surface area (Å²) in [6, 6.07) is 8.12. The molecule has 3 rings (SSSR count). The lowest BCUT2D eigenvalue weighted by atomic mass is 10.0. The zero-order chi connectivity index (χ0) is 24.8. The number of benzene rings is 1. The molecule has 1 aromatic carbocycles. The predicted molar refractivity (Wildman–Crippen MR) is 139 cm³/mol. The molecule has 9 heteroatoms. The van der Waals surface area contributed by atoms with Crippen LogP contribution in [-0.4, -0.2) is 26.2 Å². The minimum Gasteiger partial charge on any atom is -0.367 e. The van der Waals surface area contributed by atoms with Gasteiger partial charge < -0.3 is 5.32 Å². The van der Waals surface area contributed by atoms with Crippen LogP contribution in [0.3, 0.4) is 0 Å². The molecule has 6 nitrogen and oxygen atoms in total. The van der Waals surface area contributed by atoms with Gasteiger partial charge in [0.05, 0.1) is 4.91 Å². The van der Waals surface area contributed by atoms with Crippen LogP contribution in [0, 0.1) is 24.1 Å². The highest BCUT2D eigenvalue weighted by molar-refractivity contribution is 8.26. The highest BCUT2D eigenvalue weighted by Gasteiger charge is 2.32. The molecule has 0 aliphatic carbocycles. The molecular formula is C25H27FN4O2S2. The van der Waals surface area contributed by atoms with E-state index in [0.717, 1.165) is 18.4 Å². The number of carbonyl (C=O) groups is 1. The summed E-state index contributed by atoms with van der Waals surface area (Å²) in [5.41, 5.74) is 1.60. The van der Waals surface area contributed by atoms with Gasteiger partial charge in [-0.1, -0.05) is 56.4 Å². The number of hydrogen-bond donors (Lipinski definition) is 1. The number of hydrogen-bond acceptors (Lipinski definition) is 6. The Labute approximate surface area is 208 Å². The molecule has 2 aromatic rings. The van der Waals surface area contributed by atoms with Crippen LogP contribution < -0.4 is 10.9 Å². The minimum atomic E-state index is -0.379. The Balaban J connectivity index is 2.11. The standard InChI is InChI=1S/C25H27FN4O2S2/c1-4-6-12-30-24(32)21(34-25(30)33)13-19-16(3)20(14-27)23(31)29(11-5-2)22(19)28-15-17-7-9-18(26)10-8-17/h7-10,13,28H,4-6,11-12,15H2,1-3H3/b21-13+. The van der Waals surface area contributed by atoms with Crippen molar-refractivity contribution in [2.24, 2.45) is 0 Å². The average Bonchev–Trinajstić information content (AvgIpc) is 3.08. The summed E-state index contributed by atoms with van der Waals surface area (Å²) in [6.45, 7) is 7.01. The molecule has 1 aliphatic rings. The summed E-state index contributed by atoms with van der Waals surface area (Å²) < 4.78 is 15.4. The van der Waals surface area contributed by atoms with Gasteiger partial charge in [0.2, 0.25) is 0 Å². The van der Waals surface area contributed by atoms with Crippen LogP contribution >= 0.6 is 24.0 Å². The van der Waals surface area contributed by atoms with Crippen LogP contribution in [-0.2, 0) is 17.9 Å². The number of rotatable bonds is 9. The monoisotopic (exact) mass is 498 g/mol. The maximum absolute atomic E-state index is 13.3.